The van der Waals surface area contributed by atoms with Gasteiger partial charge in [0.1, 0.15) is 11.9 Å². The fourth-order valence-corrected chi connectivity index (χ4v) is 4.12. The molecule has 30 heavy (non-hydrogen) atoms. The van der Waals surface area contributed by atoms with Crippen LogP contribution in [0.15, 0.2) is 18.2 Å². The number of carboxylic acids is 1. The molecule has 1 aliphatic carbocycles. The third-order valence-corrected chi connectivity index (χ3v) is 6.38. The van der Waals surface area contributed by atoms with E-state index in [2.05, 4.69) is 5.32 Å². The van der Waals surface area contributed by atoms with Gasteiger partial charge in [0, 0.05) is 6.42 Å². The summed E-state index contributed by atoms with van der Waals surface area (Å²) >= 11 is 0. The highest BCUT2D eigenvalue weighted by Crippen LogP contribution is 2.54. The fraction of sp³-hybridized carbons (Fsp3) is 0.619. The second-order valence-electron chi connectivity index (χ2n) is 8.51. The third kappa shape index (κ3) is 5.30. The lowest BCUT2D eigenvalue weighted by atomic mass is 9.90. The van der Waals surface area contributed by atoms with E-state index < -0.39 is 35.8 Å². The van der Waals surface area contributed by atoms with Crippen LogP contribution in [0.5, 0.6) is 0 Å². The van der Waals surface area contributed by atoms with Crippen molar-refractivity contribution < 1.29 is 32.3 Å². The molecule has 1 aliphatic heterocycles. The maximum atomic E-state index is 14.2. The Balaban J connectivity index is 1.77. The van der Waals surface area contributed by atoms with Crippen LogP contribution in [0.3, 0.4) is 0 Å². The van der Waals surface area contributed by atoms with Gasteiger partial charge in [0.25, 0.3) is 0 Å². The van der Waals surface area contributed by atoms with Crippen LogP contribution in [0.1, 0.15) is 44.6 Å². The molecule has 1 spiro atoms. The van der Waals surface area contributed by atoms with Crippen LogP contribution >= 0.6 is 0 Å². The summed E-state index contributed by atoms with van der Waals surface area (Å²) in [7, 11) is 0. The molecule has 0 radical (unpaired) electrons. The molecule has 0 aromatic heterocycles. The third-order valence-electron chi connectivity index (χ3n) is 6.38. The first-order valence-electron chi connectivity index (χ1n) is 10.1. The number of hydrogen-bond donors (Lipinski definition) is 2. The first kappa shape index (κ1) is 22.5. The van der Waals surface area contributed by atoms with Gasteiger partial charge < -0.3 is 10.4 Å². The number of amides is 1. The molecule has 9 heteroatoms. The van der Waals surface area contributed by atoms with Gasteiger partial charge in [-0.3, -0.25) is 14.5 Å². The molecule has 1 heterocycles. The minimum Gasteiger partial charge on any atom is -0.481 e. The molecule has 1 aromatic carbocycles. The second-order valence-corrected chi connectivity index (χ2v) is 8.51. The van der Waals surface area contributed by atoms with Gasteiger partial charge in [0.05, 0.1) is 11.6 Å². The summed E-state index contributed by atoms with van der Waals surface area (Å²) in [5.41, 5.74) is 0.477. The van der Waals surface area contributed by atoms with Crippen molar-refractivity contribution in [1.82, 2.24) is 4.90 Å². The Morgan fingerprint density at radius 1 is 1.20 bits per heavy atom. The molecular weight excluding hydrogens is 404 g/mol. The largest absolute Gasteiger partial charge is 0.481 e. The number of piperidine rings is 1. The number of halogens is 4. The first-order valence-corrected chi connectivity index (χ1v) is 10.1. The number of hydrogen-bond acceptors (Lipinski definition) is 3. The van der Waals surface area contributed by atoms with Crippen LogP contribution in [-0.4, -0.2) is 47.2 Å². The van der Waals surface area contributed by atoms with Gasteiger partial charge in [-0.05, 0) is 68.3 Å². The molecule has 5 nitrogen and oxygen atoms in total. The Morgan fingerprint density at radius 2 is 1.83 bits per heavy atom. The molecule has 2 atom stereocenters. The zero-order valence-electron chi connectivity index (χ0n) is 16.8. The van der Waals surface area contributed by atoms with E-state index in [4.69, 9.17) is 5.11 Å². The normalized spacial score (nSPS) is 20.6. The molecule has 2 N–H and O–H groups in total. The lowest BCUT2D eigenvalue weighted by Gasteiger charge is -2.40. The fourth-order valence-electron chi connectivity index (χ4n) is 4.12. The molecular formula is C21H26F4N2O3. The topological polar surface area (TPSA) is 69.6 Å². The van der Waals surface area contributed by atoms with Crippen molar-refractivity contribution in [3.63, 3.8) is 0 Å². The molecule has 1 aromatic rings. The van der Waals surface area contributed by atoms with Crippen molar-refractivity contribution in [3.05, 3.63) is 29.6 Å². The molecule has 166 valence electrons. The van der Waals surface area contributed by atoms with Gasteiger partial charge in [0.15, 0.2) is 0 Å². The van der Waals surface area contributed by atoms with E-state index in [1.165, 1.54) is 12.1 Å². The average molecular weight is 430 g/mol. The molecule has 1 amide bonds. The van der Waals surface area contributed by atoms with E-state index in [-0.39, 0.29) is 23.9 Å². The number of benzene rings is 1. The highest BCUT2D eigenvalue weighted by atomic mass is 19.4. The van der Waals surface area contributed by atoms with Crippen LogP contribution in [0.4, 0.5) is 23.2 Å². The van der Waals surface area contributed by atoms with Crippen LogP contribution in [0.25, 0.3) is 0 Å². The molecule has 3 rings (SSSR count). The van der Waals surface area contributed by atoms with E-state index in [0.717, 1.165) is 38.7 Å². The number of anilines is 1. The molecule has 2 fully saturated rings. The maximum absolute atomic E-state index is 14.2. The summed E-state index contributed by atoms with van der Waals surface area (Å²) in [5.74, 6) is -4.62. The standard InChI is InChI=1S/C21H26F4N2O3/c1-13(21(23,24)25)18(27-10-8-20(6-7-20)9-11-27)19(30)26-16-12-14(2-4-15(16)22)3-5-17(28)29/h2,4,12-13,18H,3,5-11H2,1H3,(H,26,30)(H,28,29)/t13-,18-/m1/s1. The number of aliphatic carboxylic acids is 1. The number of likely N-dealkylation sites (tertiary alicyclic amines) is 1. The number of nitrogens with one attached hydrogen (secondary N) is 1. The number of rotatable bonds is 7. The predicted octanol–water partition coefficient (Wildman–Crippen LogP) is 4.22. The maximum Gasteiger partial charge on any atom is 0.393 e. The number of alkyl halides is 3. The number of carbonyl (C=O) groups is 2. The van der Waals surface area contributed by atoms with Crippen LogP contribution in [-0.2, 0) is 16.0 Å². The molecule has 0 unspecified atom stereocenters. The van der Waals surface area contributed by atoms with Crippen LogP contribution in [0.2, 0.25) is 0 Å². The monoisotopic (exact) mass is 430 g/mol. The first-order chi connectivity index (χ1) is 14.0. The second kappa shape index (κ2) is 8.53. The van der Waals surface area contributed by atoms with Gasteiger partial charge >= 0.3 is 12.1 Å². The Hall–Kier alpha value is -2.16. The number of nitrogens with zero attached hydrogens (tertiary/aromatic N) is 1. The molecule has 0 bridgehead atoms. The smallest absolute Gasteiger partial charge is 0.393 e. The Labute approximate surface area is 172 Å². The quantitative estimate of drug-likeness (QED) is 0.636. The predicted molar refractivity (Wildman–Crippen MR) is 102 cm³/mol. The zero-order valence-corrected chi connectivity index (χ0v) is 16.8. The highest BCUT2D eigenvalue weighted by Gasteiger charge is 2.50. The van der Waals surface area contributed by atoms with Crippen molar-refractivity contribution in [2.45, 2.75) is 57.7 Å². The average Bonchev–Trinajstić information content (AvgIpc) is 3.42. The minimum atomic E-state index is -4.57. The Bertz CT molecular complexity index is 798. The minimum absolute atomic E-state index is 0.120. The molecule has 1 saturated carbocycles. The molecule has 2 aliphatic rings. The van der Waals surface area contributed by atoms with E-state index in [0.29, 0.717) is 18.7 Å². The summed E-state index contributed by atoms with van der Waals surface area (Å²) < 4.78 is 54.7. The molecule has 1 saturated heterocycles. The summed E-state index contributed by atoms with van der Waals surface area (Å²) in [6, 6.07) is 2.29. The summed E-state index contributed by atoms with van der Waals surface area (Å²) in [6.07, 6.45) is -0.932. The van der Waals surface area contributed by atoms with Crippen LogP contribution in [0, 0.1) is 17.2 Å². The van der Waals surface area contributed by atoms with E-state index in [9.17, 15) is 27.2 Å². The number of aryl methyl sites for hydroxylation is 1. The highest BCUT2D eigenvalue weighted by molar-refractivity contribution is 5.95. The number of carboxylic acid groups (broad SMARTS) is 1. The number of carbonyl (C=O) groups excluding carboxylic acids is 1. The summed E-state index contributed by atoms with van der Waals surface area (Å²) in [5, 5.41) is 11.1. The SMILES string of the molecule is C[C@H]([C@H](C(=O)Nc1cc(CCC(=O)O)ccc1F)N1CCC2(CC1)CC2)C(F)(F)F. The summed E-state index contributed by atoms with van der Waals surface area (Å²) in [4.78, 5) is 25.2. The van der Waals surface area contributed by atoms with E-state index in [1.807, 2.05) is 0 Å². The van der Waals surface area contributed by atoms with Crippen molar-refractivity contribution in [3.8, 4) is 0 Å². The summed E-state index contributed by atoms with van der Waals surface area (Å²) in [6.45, 7) is 1.78. The van der Waals surface area contributed by atoms with Crippen molar-refractivity contribution >= 4 is 17.6 Å². The Kier molecular flexibility index (Phi) is 6.40. The van der Waals surface area contributed by atoms with Gasteiger partial charge in [-0.1, -0.05) is 13.0 Å². The van der Waals surface area contributed by atoms with Crippen molar-refractivity contribution in [2.75, 3.05) is 18.4 Å². The van der Waals surface area contributed by atoms with E-state index >= 15 is 0 Å². The zero-order chi connectivity index (χ0) is 22.1. The van der Waals surface area contributed by atoms with Gasteiger partial charge in [-0.2, -0.15) is 13.2 Å². The van der Waals surface area contributed by atoms with Gasteiger partial charge in [-0.15, -0.1) is 0 Å². The van der Waals surface area contributed by atoms with Crippen LogP contribution < -0.4 is 5.32 Å². The Morgan fingerprint density at radius 3 is 2.37 bits per heavy atom. The van der Waals surface area contributed by atoms with Crippen molar-refractivity contribution in [1.29, 1.82) is 0 Å². The lowest BCUT2D eigenvalue weighted by molar-refractivity contribution is -0.189. The van der Waals surface area contributed by atoms with Gasteiger partial charge in [-0.25, -0.2) is 4.39 Å². The lowest BCUT2D eigenvalue weighted by Crippen LogP contribution is -2.54. The van der Waals surface area contributed by atoms with Crippen molar-refractivity contribution in [2.24, 2.45) is 11.3 Å². The van der Waals surface area contributed by atoms with Gasteiger partial charge in [0.2, 0.25) is 5.91 Å². The van der Waals surface area contributed by atoms with E-state index in [1.54, 1.807) is 4.90 Å².